The molecule has 1 aliphatic heterocycles. The van der Waals surface area contributed by atoms with Gasteiger partial charge >= 0.3 is 0 Å². The number of nitrogens with zero attached hydrogens (tertiary/aromatic N) is 2. The van der Waals surface area contributed by atoms with E-state index in [4.69, 9.17) is 33.7 Å². The van der Waals surface area contributed by atoms with Crippen molar-refractivity contribution in [3.05, 3.63) is 46.6 Å². The van der Waals surface area contributed by atoms with Crippen molar-refractivity contribution in [3.63, 3.8) is 0 Å². The number of ether oxygens (including phenoxy) is 1. The van der Waals surface area contributed by atoms with Crippen LogP contribution in [0.25, 0.3) is 0 Å². The maximum Gasteiger partial charge on any atom is 0.224 e. The summed E-state index contributed by atoms with van der Waals surface area (Å²) in [6, 6.07) is 8.65. The van der Waals surface area contributed by atoms with Gasteiger partial charge in [-0.3, -0.25) is 9.59 Å². The number of hydrogen-bond donors (Lipinski definition) is 2. The van der Waals surface area contributed by atoms with Gasteiger partial charge in [-0.05, 0) is 49.6 Å². The summed E-state index contributed by atoms with van der Waals surface area (Å²) in [6.07, 6.45) is 4.17. The van der Waals surface area contributed by atoms with Crippen molar-refractivity contribution in [2.45, 2.75) is 25.7 Å². The van der Waals surface area contributed by atoms with Crippen LogP contribution in [0.15, 0.2) is 36.5 Å². The first-order valence-electron chi connectivity index (χ1n) is 9.80. The molecule has 1 aromatic carbocycles. The Morgan fingerprint density at radius 2 is 2.10 bits per heavy atom. The monoisotopic (exact) mass is 450 g/mol. The Hall–Kier alpha value is -2.51. The molecular formula is C21H24Cl2N4O3. The first kappa shape index (κ1) is 22.2. The third kappa shape index (κ3) is 6.24. The van der Waals surface area contributed by atoms with E-state index in [9.17, 15) is 9.59 Å². The highest BCUT2D eigenvalue weighted by molar-refractivity contribution is 6.35. The van der Waals surface area contributed by atoms with Crippen molar-refractivity contribution < 1.29 is 14.3 Å². The molecule has 2 amide bonds. The fourth-order valence-electron chi connectivity index (χ4n) is 3.30. The molecule has 1 atom stereocenters. The lowest BCUT2D eigenvalue weighted by molar-refractivity contribution is -0.122. The quantitative estimate of drug-likeness (QED) is 0.594. The lowest BCUT2D eigenvalue weighted by atomic mass is 9.97. The number of carbonyl (C=O) groups excluding carboxylic acids is 2. The Labute approximate surface area is 185 Å². The molecule has 0 saturated carbocycles. The molecule has 1 fully saturated rings. The number of hydrogen-bond acceptors (Lipinski definition) is 5. The first-order valence-corrected chi connectivity index (χ1v) is 10.6. The highest BCUT2D eigenvalue weighted by Gasteiger charge is 2.24. The Kier molecular flexibility index (Phi) is 7.76. The number of primary amides is 1. The van der Waals surface area contributed by atoms with Gasteiger partial charge in [-0.15, -0.1) is 0 Å². The van der Waals surface area contributed by atoms with Crippen LogP contribution in [-0.4, -0.2) is 36.5 Å². The van der Waals surface area contributed by atoms with Crippen LogP contribution < -0.4 is 20.7 Å². The number of amides is 2. The molecule has 0 radical (unpaired) electrons. The molecule has 9 heteroatoms. The van der Waals surface area contributed by atoms with Gasteiger partial charge in [0.2, 0.25) is 11.8 Å². The SMILES string of the molecule is NC(=O)C1CCCN(c2ccc(NC(=O)CCCOc3ccc(Cl)cc3Cl)cn2)C1. The Morgan fingerprint density at radius 3 is 2.80 bits per heavy atom. The second-order valence-electron chi connectivity index (χ2n) is 7.17. The van der Waals surface area contributed by atoms with E-state index < -0.39 is 0 Å². The molecule has 3 rings (SSSR count). The van der Waals surface area contributed by atoms with E-state index in [0.29, 0.717) is 47.5 Å². The minimum Gasteiger partial charge on any atom is -0.492 e. The summed E-state index contributed by atoms with van der Waals surface area (Å²) < 4.78 is 5.58. The summed E-state index contributed by atoms with van der Waals surface area (Å²) >= 11 is 11.9. The molecule has 30 heavy (non-hydrogen) atoms. The number of nitrogens with one attached hydrogen (secondary N) is 1. The average Bonchev–Trinajstić information content (AvgIpc) is 2.73. The molecule has 7 nitrogen and oxygen atoms in total. The normalized spacial score (nSPS) is 16.2. The topological polar surface area (TPSA) is 97.6 Å². The molecule has 0 spiro atoms. The number of piperidine rings is 1. The van der Waals surface area contributed by atoms with Crippen LogP contribution in [0.5, 0.6) is 5.75 Å². The molecule has 2 heterocycles. The fourth-order valence-corrected chi connectivity index (χ4v) is 3.76. The number of benzene rings is 1. The smallest absolute Gasteiger partial charge is 0.224 e. The molecule has 1 unspecified atom stereocenters. The number of rotatable bonds is 8. The van der Waals surface area contributed by atoms with Crippen LogP contribution in [0, 0.1) is 5.92 Å². The van der Waals surface area contributed by atoms with Gasteiger partial charge in [0, 0.05) is 24.5 Å². The van der Waals surface area contributed by atoms with Crippen LogP contribution >= 0.6 is 23.2 Å². The predicted molar refractivity (Wildman–Crippen MR) is 118 cm³/mol. The van der Waals surface area contributed by atoms with E-state index >= 15 is 0 Å². The zero-order valence-corrected chi connectivity index (χ0v) is 18.0. The van der Waals surface area contributed by atoms with E-state index in [2.05, 4.69) is 10.3 Å². The lowest BCUT2D eigenvalue weighted by Gasteiger charge is -2.32. The summed E-state index contributed by atoms with van der Waals surface area (Å²) in [6.45, 7) is 1.77. The van der Waals surface area contributed by atoms with E-state index in [0.717, 1.165) is 25.2 Å². The minimum absolute atomic E-state index is 0.123. The summed E-state index contributed by atoms with van der Waals surface area (Å²) in [4.78, 5) is 30.0. The van der Waals surface area contributed by atoms with Gasteiger partial charge in [0.15, 0.2) is 0 Å². The maximum atomic E-state index is 12.1. The second-order valence-corrected chi connectivity index (χ2v) is 8.01. The van der Waals surface area contributed by atoms with Crippen LogP contribution in [-0.2, 0) is 9.59 Å². The molecule has 0 aliphatic carbocycles. The van der Waals surface area contributed by atoms with Gasteiger partial charge in [0.1, 0.15) is 11.6 Å². The zero-order chi connectivity index (χ0) is 21.5. The highest BCUT2D eigenvalue weighted by Crippen LogP contribution is 2.27. The Morgan fingerprint density at radius 1 is 1.27 bits per heavy atom. The lowest BCUT2D eigenvalue weighted by Crippen LogP contribution is -2.41. The van der Waals surface area contributed by atoms with E-state index in [-0.39, 0.29) is 17.7 Å². The number of carbonyl (C=O) groups is 2. The molecule has 1 aromatic heterocycles. The summed E-state index contributed by atoms with van der Waals surface area (Å²) in [7, 11) is 0. The van der Waals surface area contributed by atoms with Gasteiger partial charge in [-0.25, -0.2) is 4.98 Å². The number of anilines is 2. The van der Waals surface area contributed by atoms with Gasteiger partial charge in [-0.1, -0.05) is 23.2 Å². The molecular weight excluding hydrogens is 427 g/mol. The first-order chi connectivity index (χ1) is 14.4. The molecule has 2 aromatic rings. The Bertz CT molecular complexity index is 892. The molecule has 160 valence electrons. The van der Waals surface area contributed by atoms with Gasteiger partial charge in [0.05, 0.1) is 29.4 Å². The third-order valence-electron chi connectivity index (χ3n) is 4.88. The van der Waals surface area contributed by atoms with E-state index in [1.54, 1.807) is 30.5 Å². The number of halogens is 2. The highest BCUT2D eigenvalue weighted by atomic mass is 35.5. The third-order valence-corrected chi connectivity index (χ3v) is 5.41. The largest absolute Gasteiger partial charge is 0.492 e. The van der Waals surface area contributed by atoms with E-state index in [1.165, 1.54) is 0 Å². The van der Waals surface area contributed by atoms with Crippen LogP contribution in [0.1, 0.15) is 25.7 Å². The van der Waals surface area contributed by atoms with Crippen molar-refractivity contribution in [1.82, 2.24) is 4.98 Å². The van der Waals surface area contributed by atoms with E-state index in [1.807, 2.05) is 11.0 Å². The van der Waals surface area contributed by atoms with Crippen molar-refractivity contribution >= 4 is 46.5 Å². The molecule has 1 aliphatic rings. The Balaban J connectivity index is 1.42. The summed E-state index contributed by atoms with van der Waals surface area (Å²) in [5, 5.41) is 3.80. The average molecular weight is 451 g/mol. The van der Waals surface area contributed by atoms with Crippen LogP contribution in [0.3, 0.4) is 0 Å². The minimum atomic E-state index is -0.272. The van der Waals surface area contributed by atoms with Crippen molar-refractivity contribution in [2.75, 3.05) is 29.9 Å². The maximum absolute atomic E-state index is 12.1. The van der Waals surface area contributed by atoms with Gasteiger partial charge in [0.25, 0.3) is 0 Å². The standard InChI is InChI=1S/C21H24Cl2N4O3/c22-15-5-7-18(17(23)11-15)30-10-2-4-20(28)26-16-6-8-19(25-12-16)27-9-1-3-14(13-27)21(24)29/h5-8,11-12,14H,1-4,9-10,13H2,(H2,24,29)(H,26,28). The second kappa shape index (κ2) is 10.5. The van der Waals surface area contributed by atoms with Crippen LogP contribution in [0.2, 0.25) is 10.0 Å². The van der Waals surface area contributed by atoms with Crippen molar-refractivity contribution in [3.8, 4) is 5.75 Å². The molecule has 0 bridgehead atoms. The van der Waals surface area contributed by atoms with Gasteiger partial charge in [-0.2, -0.15) is 0 Å². The van der Waals surface area contributed by atoms with Crippen LogP contribution in [0.4, 0.5) is 11.5 Å². The molecule has 3 N–H and O–H groups in total. The summed E-state index contributed by atoms with van der Waals surface area (Å²) in [5.41, 5.74) is 6.05. The number of nitrogens with two attached hydrogens (primary N) is 1. The fraction of sp³-hybridized carbons (Fsp3) is 0.381. The number of aromatic nitrogens is 1. The number of pyridine rings is 1. The summed E-state index contributed by atoms with van der Waals surface area (Å²) in [5.74, 6) is 0.766. The predicted octanol–water partition coefficient (Wildman–Crippen LogP) is 3.89. The molecule has 1 saturated heterocycles. The van der Waals surface area contributed by atoms with Gasteiger partial charge < -0.3 is 20.7 Å². The zero-order valence-electron chi connectivity index (χ0n) is 16.4. The van der Waals surface area contributed by atoms with Crippen molar-refractivity contribution in [2.24, 2.45) is 11.7 Å². The van der Waals surface area contributed by atoms with Crippen molar-refractivity contribution in [1.29, 1.82) is 0 Å².